The molecule has 0 fully saturated rings. The van der Waals surface area contributed by atoms with Crippen LogP contribution in [0, 0.1) is 0 Å². The second kappa shape index (κ2) is 8.01. The van der Waals surface area contributed by atoms with Crippen molar-refractivity contribution in [2.75, 3.05) is 0 Å². The van der Waals surface area contributed by atoms with Gasteiger partial charge < -0.3 is 4.74 Å². The van der Waals surface area contributed by atoms with Gasteiger partial charge in [-0.3, -0.25) is 0 Å². The molecular weight excluding hydrogens is 358 g/mol. The molecule has 0 radical (unpaired) electrons. The summed E-state index contributed by atoms with van der Waals surface area (Å²) in [7, 11) is 0. The van der Waals surface area contributed by atoms with Crippen molar-refractivity contribution in [2.45, 2.75) is 44.6 Å². The first-order valence-corrected chi connectivity index (χ1v) is 8.10. The maximum atomic E-state index is 13.3. The maximum Gasteiger partial charge on any atom is 0.439 e. The largest absolute Gasteiger partial charge is 0.439 e. The molecule has 0 aliphatic heterocycles. The molecule has 0 spiro atoms. The van der Waals surface area contributed by atoms with Crippen LogP contribution >= 0.6 is 0 Å². The van der Waals surface area contributed by atoms with Crippen molar-refractivity contribution in [3.63, 3.8) is 0 Å². The third-order valence-corrected chi connectivity index (χ3v) is 3.80. The van der Waals surface area contributed by atoms with Crippen molar-refractivity contribution in [3.05, 3.63) is 54.1 Å². The molecule has 0 N–H and O–H groups in total. The lowest BCUT2D eigenvalue weighted by Gasteiger charge is -2.23. The summed E-state index contributed by atoms with van der Waals surface area (Å²) in [5, 5.41) is 0. The summed E-state index contributed by atoms with van der Waals surface area (Å²) < 4.78 is 79.6. The number of unbranched alkanes of at least 4 members (excludes halogenated alkanes) is 1. The zero-order valence-corrected chi connectivity index (χ0v) is 14.0. The van der Waals surface area contributed by atoms with Crippen molar-refractivity contribution in [1.82, 2.24) is 0 Å². The van der Waals surface area contributed by atoms with Crippen LogP contribution in [-0.2, 0) is 6.42 Å². The molecule has 26 heavy (non-hydrogen) atoms. The fourth-order valence-corrected chi connectivity index (χ4v) is 2.36. The Morgan fingerprint density at radius 1 is 0.846 bits per heavy atom. The van der Waals surface area contributed by atoms with Gasteiger partial charge in [0.15, 0.2) is 0 Å². The van der Waals surface area contributed by atoms with Gasteiger partial charge in [-0.05, 0) is 41.7 Å². The van der Waals surface area contributed by atoms with Gasteiger partial charge in [0.25, 0.3) is 6.17 Å². The Labute approximate surface area is 147 Å². The van der Waals surface area contributed by atoms with E-state index >= 15 is 0 Å². The minimum atomic E-state index is -5.71. The van der Waals surface area contributed by atoms with Crippen molar-refractivity contribution in [1.29, 1.82) is 0 Å². The normalized spacial score (nSPS) is 13.5. The Bertz CT molecular complexity index is 691. The van der Waals surface area contributed by atoms with Gasteiger partial charge in [0.05, 0.1) is 0 Å². The van der Waals surface area contributed by atoms with Gasteiger partial charge in [0.2, 0.25) is 0 Å². The van der Waals surface area contributed by atoms with Crippen LogP contribution < -0.4 is 4.74 Å². The lowest BCUT2D eigenvalue weighted by molar-refractivity contribution is -0.304. The first kappa shape index (κ1) is 20.1. The average Bonchev–Trinajstić information content (AvgIpc) is 2.59. The quantitative estimate of drug-likeness (QED) is 0.497. The first-order chi connectivity index (χ1) is 12.1. The number of benzene rings is 2. The highest BCUT2D eigenvalue weighted by Gasteiger charge is 2.59. The van der Waals surface area contributed by atoms with Crippen LogP contribution in [-0.4, -0.2) is 18.5 Å². The fraction of sp³-hybridized carbons (Fsp3) is 0.368. The van der Waals surface area contributed by atoms with E-state index in [2.05, 4.69) is 11.7 Å². The van der Waals surface area contributed by atoms with E-state index in [1.165, 1.54) is 17.7 Å². The van der Waals surface area contributed by atoms with Crippen molar-refractivity contribution in [2.24, 2.45) is 0 Å². The molecule has 0 aliphatic carbocycles. The Morgan fingerprint density at radius 3 is 1.81 bits per heavy atom. The lowest BCUT2D eigenvalue weighted by Crippen LogP contribution is -2.45. The molecule has 0 saturated carbocycles. The van der Waals surface area contributed by atoms with Crippen LogP contribution in [0.15, 0.2) is 48.5 Å². The molecule has 0 aromatic heterocycles. The predicted octanol–water partition coefficient (Wildman–Crippen LogP) is 6.57. The fourth-order valence-electron chi connectivity index (χ4n) is 2.36. The van der Waals surface area contributed by atoms with Gasteiger partial charge in [0.1, 0.15) is 5.75 Å². The van der Waals surface area contributed by atoms with Crippen LogP contribution in [0.2, 0.25) is 0 Å². The maximum absolute atomic E-state index is 13.3. The number of alkyl halides is 6. The molecule has 0 bridgehead atoms. The number of hydrogen-bond donors (Lipinski definition) is 0. The monoisotopic (exact) mass is 376 g/mol. The highest BCUT2D eigenvalue weighted by Crippen LogP contribution is 2.36. The van der Waals surface area contributed by atoms with Crippen LogP contribution in [0.1, 0.15) is 25.3 Å². The van der Waals surface area contributed by atoms with E-state index in [-0.39, 0.29) is 0 Å². The van der Waals surface area contributed by atoms with Gasteiger partial charge in [-0.2, -0.15) is 22.0 Å². The van der Waals surface area contributed by atoms with E-state index in [0.717, 1.165) is 37.0 Å². The number of ether oxygens (including phenoxy) is 1. The standard InChI is InChI=1S/C19H18F6O/c1-2-3-4-13-5-7-14(8-6-13)15-9-11-16(12-10-15)26-19(24,25)17(20)18(21,22)23/h5-12,17H,2-4H2,1H3. The van der Waals surface area contributed by atoms with Gasteiger partial charge in [-0.25, -0.2) is 4.39 Å². The molecule has 2 rings (SSSR count). The minimum absolute atomic E-state index is 0.551. The molecule has 0 saturated heterocycles. The smallest absolute Gasteiger partial charge is 0.430 e. The summed E-state index contributed by atoms with van der Waals surface area (Å²) in [6.07, 6.45) is -12.0. The Kier molecular flexibility index (Phi) is 6.21. The minimum Gasteiger partial charge on any atom is -0.430 e. The first-order valence-electron chi connectivity index (χ1n) is 8.10. The molecule has 0 heterocycles. The summed E-state index contributed by atoms with van der Waals surface area (Å²) in [6.45, 7) is 2.10. The summed E-state index contributed by atoms with van der Waals surface area (Å²) in [4.78, 5) is 0. The van der Waals surface area contributed by atoms with E-state index in [1.54, 1.807) is 0 Å². The van der Waals surface area contributed by atoms with Gasteiger partial charge in [-0.15, -0.1) is 0 Å². The second-order valence-corrected chi connectivity index (χ2v) is 5.89. The topological polar surface area (TPSA) is 9.23 Å². The molecule has 7 heteroatoms. The summed E-state index contributed by atoms with van der Waals surface area (Å²) >= 11 is 0. The number of halogens is 6. The third-order valence-electron chi connectivity index (χ3n) is 3.80. The van der Waals surface area contributed by atoms with Crippen LogP contribution in [0.5, 0.6) is 5.75 Å². The molecule has 1 nitrogen and oxygen atoms in total. The van der Waals surface area contributed by atoms with E-state index in [0.29, 0.717) is 5.56 Å². The number of aryl methyl sites for hydroxylation is 1. The zero-order valence-electron chi connectivity index (χ0n) is 14.0. The lowest BCUT2D eigenvalue weighted by atomic mass is 10.0. The van der Waals surface area contributed by atoms with E-state index in [1.807, 2.05) is 24.3 Å². The van der Waals surface area contributed by atoms with E-state index in [4.69, 9.17) is 0 Å². The van der Waals surface area contributed by atoms with Crippen LogP contribution in [0.3, 0.4) is 0 Å². The highest BCUT2D eigenvalue weighted by atomic mass is 19.4. The Morgan fingerprint density at radius 2 is 1.35 bits per heavy atom. The Hall–Kier alpha value is -2.18. The van der Waals surface area contributed by atoms with Crippen molar-refractivity contribution >= 4 is 0 Å². The molecule has 2 aromatic rings. The molecule has 0 aliphatic rings. The molecule has 1 unspecified atom stereocenters. The molecule has 142 valence electrons. The van der Waals surface area contributed by atoms with Gasteiger partial charge in [-0.1, -0.05) is 49.7 Å². The second-order valence-electron chi connectivity index (χ2n) is 5.89. The SMILES string of the molecule is CCCCc1ccc(-c2ccc(OC(F)(F)C(F)C(F)(F)F)cc2)cc1. The van der Waals surface area contributed by atoms with E-state index < -0.39 is 24.2 Å². The number of hydrogen-bond acceptors (Lipinski definition) is 1. The molecule has 0 amide bonds. The van der Waals surface area contributed by atoms with E-state index in [9.17, 15) is 26.3 Å². The van der Waals surface area contributed by atoms with Crippen molar-refractivity contribution < 1.29 is 31.1 Å². The zero-order chi connectivity index (χ0) is 19.4. The summed E-state index contributed by atoms with van der Waals surface area (Å²) in [6, 6.07) is 12.7. The third kappa shape index (κ3) is 5.16. The molecular formula is C19H18F6O. The highest BCUT2D eigenvalue weighted by molar-refractivity contribution is 5.64. The van der Waals surface area contributed by atoms with Gasteiger partial charge >= 0.3 is 12.3 Å². The molecule has 1 atom stereocenters. The summed E-state index contributed by atoms with van der Waals surface area (Å²) in [5.41, 5.74) is 2.67. The van der Waals surface area contributed by atoms with Gasteiger partial charge in [0, 0.05) is 0 Å². The summed E-state index contributed by atoms with van der Waals surface area (Å²) in [5.74, 6) is -0.551. The van der Waals surface area contributed by atoms with Crippen molar-refractivity contribution in [3.8, 4) is 16.9 Å². The van der Waals surface area contributed by atoms with Crippen LogP contribution in [0.4, 0.5) is 26.3 Å². The average molecular weight is 376 g/mol. The number of rotatable bonds is 7. The van der Waals surface area contributed by atoms with Crippen LogP contribution in [0.25, 0.3) is 11.1 Å². The predicted molar refractivity (Wildman–Crippen MR) is 87.0 cm³/mol. The Balaban J connectivity index is 2.08. The molecule has 2 aromatic carbocycles.